The minimum absolute atomic E-state index is 0.345. The molecule has 0 saturated carbocycles. The molecule has 0 radical (unpaired) electrons. The van der Waals surface area contributed by atoms with E-state index in [1.165, 1.54) is 6.26 Å². The molecule has 1 aromatic carbocycles. The lowest BCUT2D eigenvalue weighted by Crippen LogP contribution is -2.05. The summed E-state index contributed by atoms with van der Waals surface area (Å²) >= 11 is 0. The van der Waals surface area contributed by atoms with Crippen LogP contribution in [0, 0.1) is 6.92 Å². The lowest BCUT2D eigenvalue weighted by atomic mass is 10.1. The molecule has 0 saturated heterocycles. The molecule has 0 bridgehead atoms. The molecule has 0 heterocycles. The molecule has 0 amide bonds. The van der Waals surface area contributed by atoms with Crippen molar-refractivity contribution in [3.63, 3.8) is 0 Å². The summed E-state index contributed by atoms with van der Waals surface area (Å²) in [6, 6.07) is 5.07. The summed E-state index contributed by atoms with van der Waals surface area (Å²) in [6.07, 6.45) is 1.89. The first-order valence-corrected chi connectivity index (χ1v) is 6.45. The highest BCUT2D eigenvalue weighted by Crippen LogP contribution is 2.15. The summed E-state index contributed by atoms with van der Waals surface area (Å²) in [5.41, 5.74) is 1.99. The Kier molecular flexibility index (Phi) is 3.84. The van der Waals surface area contributed by atoms with Crippen LogP contribution in [-0.4, -0.2) is 21.3 Å². The maximum Gasteiger partial charge on any atom is 0.175 e. The molecular formula is C10H15NO3S. The van der Waals surface area contributed by atoms with Gasteiger partial charge in [0.1, 0.15) is 0 Å². The summed E-state index contributed by atoms with van der Waals surface area (Å²) in [6.45, 7) is 2.31. The molecule has 0 unspecified atom stereocenters. The zero-order valence-electron chi connectivity index (χ0n) is 8.86. The predicted octanol–water partition coefficient (Wildman–Crippen LogP) is 0.831. The van der Waals surface area contributed by atoms with Gasteiger partial charge in [0, 0.05) is 6.26 Å². The number of hydrogen-bond acceptors (Lipinski definition) is 4. The second-order valence-corrected chi connectivity index (χ2v) is 5.50. The molecule has 0 spiro atoms. The Hall–Kier alpha value is -0.910. The lowest BCUT2D eigenvalue weighted by Gasteiger charge is -2.06. The predicted molar refractivity (Wildman–Crippen MR) is 58.1 cm³/mol. The van der Waals surface area contributed by atoms with Gasteiger partial charge >= 0.3 is 0 Å². The third-order valence-corrected chi connectivity index (χ3v) is 3.34. The van der Waals surface area contributed by atoms with Crippen LogP contribution in [0.2, 0.25) is 0 Å². The van der Waals surface area contributed by atoms with Gasteiger partial charge in [-0.2, -0.15) is 0 Å². The van der Waals surface area contributed by atoms with E-state index < -0.39 is 9.84 Å². The number of benzene rings is 1. The van der Waals surface area contributed by atoms with E-state index in [0.717, 1.165) is 11.1 Å². The Bertz CT molecular complexity index is 440. The molecule has 0 aromatic heterocycles. The van der Waals surface area contributed by atoms with Crippen LogP contribution >= 0.6 is 0 Å². The van der Waals surface area contributed by atoms with Crippen molar-refractivity contribution in [2.45, 2.75) is 18.2 Å². The van der Waals surface area contributed by atoms with Crippen molar-refractivity contribution in [3.8, 4) is 0 Å². The zero-order valence-corrected chi connectivity index (χ0v) is 9.67. The molecule has 0 fully saturated rings. The smallest absolute Gasteiger partial charge is 0.175 e. The third kappa shape index (κ3) is 3.30. The molecule has 0 aliphatic carbocycles. The molecule has 84 valence electrons. The van der Waals surface area contributed by atoms with Gasteiger partial charge in [-0.3, -0.25) is 0 Å². The second-order valence-electron chi connectivity index (χ2n) is 3.48. The minimum atomic E-state index is -3.12. The van der Waals surface area contributed by atoms with Gasteiger partial charge < -0.3 is 4.84 Å². The van der Waals surface area contributed by atoms with Crippen molar-refractivity contribution >= 4 is 9.84 Å². The van der Waals surface area contributed by atoms with Crippen molar-refractivity contribution in [1.29, 1.82) is 0 Å². The number of rotatable bonds is 4. The van der Waals surface area contributed by atoms with E-state index in [2.05, 4.69) is 4.84 Å². The maximum absolute atomic E-state index is 11.3. The Morgan fingerprint density at radius 2 is 2.07 bits per heavy atom. The van der Waals surface area contributed by atoms with Gasteiger partial charge in [-0.05, 0) is 36.6 Å². The maximum atomic E-state index is 11.3. The molecule has 0 aliphatic heterocycles. The van der Waals surface area contributed by atoms with Crippen LogP contribution in [0.5, 0.6) is 0 Å². The van der Waals surface area contributed by atoms with E-state index in [4.69, 9.17) is 5.90 Å². The topological polar surface area (TPSA) is 69.4 Å². The van der Waals surface area contributed by atoms with Gasteiger partial charge in [-0.1, -0.05) is 6.07 Å². The summed E-state index contributed by atoms with van der Waals surface area (Å²) in [7, 11) is -3.12. The fraction of sp³-hybridized carbons (Fsp3) is 0.400. The highest BCUT2D eigenvalue weighted by atomic mass is 32.2. The van der Waals surface area contributed by atoms with Crippen LogP contribution in [0.1, 0.15) is 11.1 Å². The van der Waals surface area contributed by atoms with E-state index in [1.54, 1.807) is 18.2 Å². The van der Waals surface area contributed by atoms with Gasteiger partial charge in [0.15, 0.2) is 9.84 Å². The fourth-order valence-corrected chi connectivity index (χ4v) is 2.05. The van der Waals surface area contributed by atoms with Gasteiger partial charge in [0.05, 0.1) is 11.5 Å². The van der Waals surface area contributed by atoms with Gasteiger partial charge in [0.2, 0.25) is 0 Å². The third-order valence-electron chi connectivity index (χ3n) is 2.23. The van der Waals surface area contributed by atoms with E-state index in [9.17, 15) is 8.42 Å². The van der Waals surface area contributed by atoms with Crippen molar-refractivity contribution in [1.82, 2.24) is 0 Å². The largest absolute Gasteiger partial charge is 0.304 e. The van der Waals surface area contributed by atoms with Crippen molar-refractivity contribution in [2.75, 3.05) is 12.9 Å². The summed E-state index contributed by atoms with van der Waals surface area (Å²) in [5, 5.41) is 0. The van der Waals surface area contributed by atoms with E-state index in [-0.39, 0.29) is 0 Å². The average molecular weight is 229 g/mol. The van der Waals surface area contributed by atoms with E-state index in [0.29, 0.717) is 17.9 Å². The fourth-order valence-electron chi connectivity index (χ4n) is 1.35. The average Bonchev–Trinajstić information content (AvgIpc) is 2.14. The normalized spacial score (nSPS) is 11.7. The zero-order chi connectivity index (χ0) is 11.5. The Balaban J connectivity index is 2.99. The van der Waals surface area contributed by atoms with Crippen LogP contribution in [0.4, 0.5) is 0 Å². The summed E-state index contributed by atoms with van der Waals surface area (Å²) < 4.78 is 22.5. The first kappa shape index (κ1) is 12.2. The lowest BCUT2D eigenvalue weighted by molar-refractivity contribution is 0.141. The SMILES string of the molecule is Cc1cc(S(C)(=O)=O)ccc1CCON. The first-order valence-electron chi connectivity index (χ1n) is 4.56. The molecule has 1 rings (SSSR count). The highest BCUT2D eigenvalue weighted by molar-refractivity contribution is 7.90. The molecular weight excluding hydrogens is 214 g/mol. The van der Waals surface area contributed by atoms with Gasteiger partial charge in [-0.15, -0.1) is 0 Å². The second kappa shape index (κ2) is 4.74. The van der Waals surface area contributed by atoms with Crippen LogP contribution in [0.25, 0.3) is 0 Å². The molecule has 0 aliphatic rings. The van der Waals surface area contributed by atoms with Crippen LogP contribution in [0.3, 0.4) is 0 Å². The van der Waals surface area contributed by atoms with Crippen molar-refractivity contribution < 1.29 is 13.3 Å². The Labute approximate surface area is 89.9 Å². The monoisotopic (exact) mass is 229 g/mol. The number of aryl methyl sites for hydroxylation is 1. The number of hydrogen-bond donors (Lipinski definition) is 1. The van der Waals surface area contributed by atoms with Crippen LogP contribution in [-0.2, 0) is 21.1 Å². The first-order chi connectivity index (χ1) is 6.95. The molecule has 1 aromatic rings. The van der Waals surface area contributed by atoms with E-state index >= 15 is 0 Å². The van der Waals surface area contributed by atoms with Gasteiger partial charge in [0.25, 0.3) is 0 Å². The Morgan fingerprint density at radius 1 is 1.40 bits per heavy atom. The molecule has 4 nitrogen and oxygen atoms in total. The number of sulfone groups is 1. The van der Waals surface area contributed by atoms with Crippen LogP contribution < -0.4 is 5.90 Å². The molecule has 0 atom stereocenters. The quantitative estimate of drug-likeness (QED) is 0.776. The highest BCUT2D eigenvalue weighted by Gasteiger charge is 2.08. The van der Waals surface area contributed by atoms with Crippen molar-refractivity contribution in [2.24, 2.45) is 5.90 Å². The molecule has 5 heteroatoms. The summed E-state index contributed by atoms with van der Waals surface area (Å²) in [5.74, 6) is 4.93. The Morgan fingerprint density at radius 3 is 2.53 bits per heavy atom. The van der Waals surface area contributed by atoms with E-state index in [1.807, 2.05) is 6.92 Å². The molecule has 2 N–H and O–H groups in total. The van der Waals surface area contributed by atoms with Gasteiger partial charge in [-0.25, -0.2) is 14.3 Å². The van der Waals surface area contributed by atoms with Crippen molar-refractivity contribution in [3.05, 3.63) is 29.3 Å². The minimum Gasteiger partial charge on any atom is -0.304 e. The number of nitrogens with two attached hydrogens (primary N) is 1. The molecule has 15 heavy (non-hydrogen) atoms. The standard InChI is InChI=1S/C10H15NO3S/c1-8-7-10(15(2,12)13)4-3-9(8)5-6-14-11/h3-4,7H,5-6,11H2,1-2H3. The van der Waals surface area contributed by atoms with Crippen LogP contribution in [0.15, 0.2) is 23.1 Å². The summed E-state index contributed by atoms with van der Waals surface area (Å²) in [4.78, 5) is 4.82.